The molecule has 4 nitrogen and oxygen atoms in total. The number of hydrogen-bond acceptors (Lipinski definition) is 4. The fraction of sp³-hybridized carbons (Fsp3) is 0.375. The van der Waals surface area contributed by atoms with Crippen molar-refractivity contribution in [3.05, 3.63) is 51.0 Å². The maximum atomic E-state index is 11.7. The van der Waals surface area contributed by atoms with E-state index < -0.39 is 12.0 Å². The highest BCUT2D eigenvalue weighted by Gasteiger charge is 2.33. The minimum Gasteiger partial charge on any atom is -0.480 e. The summed E-state index contributed by atoms with van der Waals surface area (Å²) in [5.74, 6) is -0.785. The van der Waals surface area contributed by atoms with E-state index in [0.29, 0.717) is 6.54 Å². The number of fused-ring (bicyclic) bond motifs is 1. The molecule has 1 atom stereocenters. The number of nitrogens with zero attached hydrogens (tertiary/aromatic N) is 2. The van der Waals surface area contributed by atoms with Crippen molar-refractivity contribution in [3.8, 4) is 0 Å². The summed E-state index contributed by atoms with van der Waals surface area (Å²) < 4.78 is 0. The Balaban J connectivity index is 1.90. The van der Waals surface area contributed by atoms with Crippen molar-refractivity contribution in [2.75, 3.05) is 6.54 Å². The topological polar surface area (TPSA) is 53.4 Å². The van der Waals surface area contributed by atoms with E-state index in [1.165, 1.54) is 4.88 Å². The highest BCUT2D eigenvalue weighted by atomic mass is 32.1. The van der Waals surface area contributed by atoms with Crippen LogP contribution in [-0.2, 0) is 17.8 Å². The molecule has 1 aliphatic rings. The summed E-state index contributed by atoms with van der Waals surface area (Å²) in [7, 11) is 0. The van der Waals surface area contributed by atoms with E-state index in [4.69, 9.17) is 0 Å². The van der Waals surface area contributed by atoms with Gasteiger partial charge in [-0.2, -0.15) is 0 Å². The predicted molar refractivity (Wildman–Crippen MR) is 82.5 cm³/mol. The molecule has 5 heteroatoms. The Morgan fingerprint density at radius 1 is 1.43 bits per heavy atom. The van der Waals surface area contributed by atoms with E-state index in [-0.39, 0.29) is 0 Å². The number of aryl methyl sites for hydroxylation is 2. The average molecular weight is 302 g/mol. The lowest BCUT2D eigenvalue weighted by atomic mass is 9.92. The number of aliphatic carboxylic acids is 1. The zero-order valence-electron chi connectivity index (χ0n) is 12.2. The molecule has 0 saturated heterocycles. The Morgan fingerprint density at radius 3 is 2.86 bits per heavy atom. The van der Waals surface area contributed by atoms with Gasteiger partial charge in [0.25, 0.3) is 0 Å². The van der Waals surface area contributed by atoms with Crippen LogP contribution in [0.1, 0.15) is 32.7 Å². The summed E-state index contributed by atoms with van der Waals surface area (Å²) in [5, 5.41) is 10.6. The van der Waals surface area contributed by atoms with Gasteiger partial charge in [0.1, 0.15) is 11.0 Å². The molecule has 0 radical (unpaired) electrons. The van der Waals surface area contributed by atoms with Crippen molar-refractivity contribution >= 4 is 17.3 Å². The van der Waals surface area contributed by atoms with Gasteiger partial charge in [0.2, 0.25) is 0 Å². The van der Waals surface area contributed by atoms with Crippen LogP contribution in [0, 0.1) is 13.8 Å². The second-order valence-electron chi connectivity index (χ2n) is 5.41. The van der Waals surface area contributed by atoms with E-state index in [0.717, 1.165) is 34.8 Å². The first-order valence-corrected chi connectivity index (χ1v) is 7.85. The lowest BCUT2D eigenvalue weighted by molar-refractivity contribution is -0.144. The van der Waals surface area contributed by atoms with Gasteiger partial charge in [-0.3, -0.25) is 9.69 Å². The van der Waals surface area contributed by atoms with Crippen LogP contribution >= 0.6 is 11.3 Å². The minimum absolute atomic E-state index is 0.570. The third-order valence-corrected chi connectivity index (χ3v) is 5.09. The number of rotatable bonds is 3. The number of aromatic nitrogens is 1. The normalized spacial score (nSPS) is 18.5. The maximum absolute atomic E-state index is 11.7. The number of carbonyl (C=O) groups is 1. The molecule has 0 spiro atoms. The Hall–Kier alpha value is -1.72. The molecule has 2 aromatic rings. The van der Waals surface area contributed by atoms with Gasteiger partial charge in [0, 0.05) is 11.4 Å². The summed E-state index contributed by atoms with van der Waals surface area (Å²) in [4.78, 5) is 19.5. The molecule has 1 aromatic carbocycles. The highest BCUT2D eigenvalue weighted by Crippen LogP contribution is 2.32. The predicted octanol–water partition coefficient (Wildman–Crippen LogP) is 2.94. The van der Waals surface area contributed by atoms with Gasteiger partial charge in [0.15, 0.2) is 0 Å². The molecule has 2 heterocycles. The zero-order chi connectivity index (χ0) is 15.0. The zero-order valence-corrected chi connectivity index (χ0v) is 13.0. The van der Waals surface area contributed by atoms with Gasteiger partial charge in [-0.25, -0.2) is 4.98 Å². The fourth-order valence-corrected chi connectivity index (χ4v) is 3.82. The van der Waals surface area contributed by atoms with Gasteiger partial charge in [-0.15, -0.1) is 11.3 Å². The summed E-state index contributed by atoms with van der Waals surface area (Å²) in [6, 6.07) is 7.27. The summed E-state index contributed by atoms with van der Waals surface area (Å²) in [6.07, 6.45) is 0.892. The van der Waals surface area contributed by atoms with Crippen molar-refractivity contribution in [3.63, 3.8) is 0 Å². The lowest BCUT2D eigenvalue weighted by Crippen LogP contribution is -2.39. The summed E-state index contributed by atoms with van der Waals surface area (Å²) in [6.45, 7) is 5.41. The van der Waals surface area contributed by atoms with Crippen LogP contribution in [0.25, 0.3) is 0 Å². The Labute approximate surface area is 128 Å². The van der Waals surface area contributed by atoms with E-state index in [1.807, 2.05) is 36.1 Å². The van der Waals surface area contributed by atoms with E-state index in [2.05, 4.69) is 11.9 Å². The number of carboxylic acid groups (broad SMARTS) is 1. The van der Waals surface area contributed by atoms with Crippen molar-refractivity contribution < 1.29 is 9.90 Å². The van der Waals surface area contributed by atoms with Crippen molar-refractivity contribution in [1.29, 1.82) is 0 Å². The second kappa shape index (κ2) is 5.58. The molecule has 21 heavy (non-hydrogen) atoms. The van der Waals surface area contributed by atoms with Gasteiger partial charge in [0.05, 0.1) is 12.2 Å². The molecule has 0 bridgehead atoms. The molecular formula is C16H18N2O2S. The molecule has 110 valence electrons. The highest BCUT2D eigenvalue weighted by molar-refractivity contribution is 7.11. The van der Waals surface area contributed by atoms with Crippen LogP contribution in [0.2, 0.25) is 0 Å². The Morgan fingerprint density at radius 2 is 2.19 bits per heavy atom. The smallest absolute Gasteiger partial charge is 0.325 e. The van der Waals surface area contributed by atoms with Crippen LogP contribution in [0.15, 0.2) is 24.3 Å². The van der Waals surface area contributed by atoms with Crippen LogP contribution in [0.3, 0.4) is 0 Å². The largest absolute Gasteiger partial charge is 0.480 e. The van der Waals surface area contributed by atoms with Crippen molar-refractivity contribution in [2.45, 2.75) is 32.9 Å². The van der Waals surface area contributed by atoms with Crippen LogP contribution < -0.4 is 0 Å². The molecule has 1 N–H and O–H groups in total. The minimum atomic E-state index is -0.785. The van der Waals surface area contributed by atoms with E-state index in [9.17, 15) is 9.90 Å². The number of hydrogen-bond donors (Lipinski definition) is 1. The van der Waals surface area contributed by atoms with Gasteiger partial charge < -0.3 is 5.11 Å². The number of benzene rings is 1. The standard InChI is InChI=1S/C16H18N2O2S/c1-10-11(2)21-14(17-10)9-18-8-7-12-5-3-4-6-13(12)15(18)16(19)20/h3-6,15H,7-9H2,1-2H3,(H,19,20). The number of thiazole rings is 1. The van der Waals surface area contributed by atoms with Gasteiger partial charge >= 0.3 is 5.97 Å². The van der Waals surface area contributed by atoms with Crippen molar-refractivity contribution in [2.24, 2.45) is 0 Å². The molecule has 0 fully saturated rings. The average Bonchev–Trinajstić information content (AvgIpc) is 2.76. The Bertz CT molecular complexity index is 661. The van der Waals surface area contributed by atoms with E-state index >= 15 is 0 Å². The SMILES string of the molecule is Cc1nc(CN2CCc3ccccc3C2C(=O)O)sc1C. The third kappa shape index (κ3) is 2.71. The van der Waals surface area contributed by atoms with Gasteiger partial charge in [-0.05, 0) is 31.4 Å². The molecule has 1 unspecified atom stereocenters. The Kier molecular flexibility index (Phi) is 3.78. The summed E-state index contributed by atoms with van der Waals surface area (Å²) >= 11 is 1.66. The monoisotopic (exact) mass is 302 g/mol. The van der Waals surface area contributed by atoms with Crippen molar-refractivity contribution in [1.82, 2.24) is 9.88 Å². The maximum Gasteiger partial charge on any atom is 0.325 e. The fourth-order valence-electron chi connectivity index (χ4n) is 2.86. The van der Waals surface area contributed by atoms with Crippen LogP contribution in [0.5, 0.6) is 0 Å². The molecule has 0 aliphatic carbocycles. The molecule has 0 saturated carbocycles. The third-order valence-electron chi connectivity index (χ3n) is 4.03. The molecular weight excluding hydrogens is 284 g/mol. The van der Waals surface area contributed by atoms with Gasteiger partial charge in [-0.1, -0.05) is 24.3 Å². The van der Waals surface area contributed by atoms with E-state index in [1.54, 1.807) is 11.3 Å². The quantitative estimate of drug-likeness (QED) is 0.947. The lowest BCUT2D eigenvalue weighted by Gasteiger charge is -2.34. The first-order chi connectivity index (χ1) is 10.1. The summed E-state index contributed by atoms with van der Waals surface area (Å²) in [5.41, 5.74) is 3.10. The second-order valence-corrected chi connectivity index (χ2v) is 6.70. The first kappa shape index (κ1) is 14.2. The first-order valence-electron chi connectivity index (χ1n) is 7.04. The molecule has 3 rings (SSSR count). The number of carboxylic acids is 1. The van der Waals surface area contributed by atoms with Crippen LogP contribution in [0.4, 0.5) is 0 Å². The molecule has 1 aromatic heterocycles. The van der Waals surface area contributed by atoms with Crippen LogP contribution in [-0.4, -0.2) is 27.5 Å². The molecule has 0 amide bonds. The molecule has 1 aliphatic heterocycles.